The quantitative estimate of drug-likeness (QED) is 0.596. The van der Waals surface area contributed by atoms with Crippen molar-refractivity contribution >= 4 is 17.6 Å². The van der Waals surface area contributed by atoms with Gasteiger partial charge < -0.3 is 5.32 Å². The zero-order valence-corrected chi connectivity index (χ0v) is 9.27. The maximum Gasteiger partial charge on any atom is 0.133 e. The van der Waals surface area contributed by atoms with Crippen molar-refractivity contribution in [1.29, 1.82) is 0 Å². The van der Waals surface area contributed by atoms with Gasteiger partial charge in [0, 0.05) is 12.6 Å². The summed E-state index contributed by atoms with van der Waals surface area (Å²) in [6.07, 6.45) is 3.64. The van der Waals surface area contributed by atoms with Gasteiger partial charge in [-0.05, 0) is 12.2 Å². The van der Waals surface area contributed by atoms with Crippen molar-refractivity contribution in [3.05, 3.63) is 11.9 Å². The first-order chi connectivity index (χ1) is 6.20. The molecule has 0 aliphatic heterocycles. The van der Waals surface area contributed by atoms with Crippen LogP contribution >= 0.6 is 11.8 Å². The smallest absolute Gasteiger partial charge is 0.133 e. The van der Waals surface area contributed by atoms with Gasteiger partial charge in [-0.2, -0.15) is 0 Å². The fourth-order valence-electron chi connectivity index (χ4n) is 1.26. The standard InChI is InChI=1S/C9H15N3S/c1-6(2)7-8(10-3)11-5-12-9(7)13-4/h5-6H,1-4H3,(H,10,11,12). The molecule has 0 unspecified atom stereocenters. The zero-order chi connectivity index (χ0) is 9.84. The highest BCUT2D eigenvalue weighted by Crippen LogP contribution is 2.29. The van der Waals surface area contributed by atoms with Gasteiger partial charge in [-0.3, -0.25) is 0 Å². The first-order valence-corrected chi connectivity index (χ1v) is 5.49. The Balaban J connectivity index is 3.21. The molecule has 0 aromatic carbocycles. The maximum atomic E-state index is 4.24. The molecule has 0 radical (unpaired) electrons. The summed E-state index contributed by atoms with van der Waals surface area (Å²) in [6.45, 7) is 4.30. The molecule has 1 aromatic heterocycles. The van der Waals surface area contributed by atoms with Crippen LogP contribution in [0.3, 0.4) is 0 Å². The Morgan fingerprint density at radius 1 is 1.38 bits per heavy atom. The normalized spacial score (nSPS) is 10.5. The van der Waals surface area contributed by atoms with Crippen molar-refractivity contribution in [3.8, 4) is 0 Å². The lowest BCUT2D eigenvalue weighted by molar-refractivity contribution is 0.806. The number of nitrogens with one attached hydrogen (secondary N) is 1. The van der Waals surface area contributed by atoms with E-state index in [0.29, 0.717) is 5.92 Å². The van der Waals surface area contributed by atoms with Crippen LogP contribution in [-0.4, -0.2) is 23.3 Å². The number of anilines is 1. The van der Waals surface area contributed by atoms with Crippen LogP contribution in [0, 0.1) is 0 Å². The van der Waals surface area contributed by atoms with Gasteiger partial charge in [0.1, 0.15) is 17.2 Å². The molecule has 1 rings (SSSR count). The van der Waals surface area contributed by atoms with Crippen molar-refractivity contribution in [2.75, 3.05) is 18.6 Å². The molecule has 0 saturated heterocycles. The van der Waals surface area contributed by atoms with E-state index >= 15 is 0 Å². The summed E-state index contributed by atoms with van der Waals surface area (Å²) < 4.78 is 0. The number of rotatable bonds is 3. The minimum absolute atomic E-state index is 0.450. The number of aromatic nitrogens is 2. The van der Waals surface area contributed by atoms with Gasteiger partial charge in [-0.15, -0.1) is 11.8 Å². The molecule has 1 N–H and O–H groups in total. The summed E-state index contributed by atoms with van der Waals surface area (Å²) in [5.74, 6) is 1.39. The van der Waals surface area contributed by atoms with E-state index in [1.54, 1.807) is 18.1 Å². The van der Waals surface area contributed by atoms with E-state index in [4.69, 9.17) is 0 Å². The number of nitrogens with zero attached hydrogens (tertiary/aromatic N) is 2. The number of hydrogen-bond donors (Lipinski definition) is 1. The molecule has 72 valence electrons. The Kier molecular flexibility index (Phi) is 3.54. The molecule has 0 aliphatic carbocycles. The molecular formula is C9H15N3S. The highest BCUT2D eigenvalue weighted by Gasteiger charge is 2.12. The molecule has 13 heavy (non-hydrogen) atoms. The van der Waals surface area contributed by atoms with Crippen LogP contribution < -0.4 is 5.32 Å². The Morgan fingerprint density at radius 2 is 2.08 bits per heavy atom. The average Bonchev–Trinajstić information content (AvgIpc) is 2.16. The summed E-state index contributed by atoms with van der Waals surface area (Å²) in [5, 5.41) is 4.15. The monoisotopic (exact) mass is 197 g/mol. The van der Waals surface area contributed by atoms with Gasteiger partial charge >= 0.3 is 0 Å². The largest absolute Gasteiger partial charge is 0.373 e. The molecule has 1 aromatic rings. The molecule has 0 bridgehead atoms. The molecule has 0 atom stereocenters. The minimum Gasteiger partial charge on any atom is -0.373 e. The Bertz CT molecular complexity index is 264. The van der Waals surface area contributed by atoms with E-state index < -0.39 is 0 Å². The molecule has 0 saturated carbocycles. The second-order valence-corrected chi connectivity index (χ2v) is 3.84. The number of hydrogen-bond acceptors (Lipinski definition) is 4. The van der Waals surface area contributed by atoms with Crippen molar-refractivity contribution in [3.63, 3.8) is 0 Å². The second kappa shape index (κ2) is 4.46. The van der Waals surface area contributed by atoms with Crippen LogP contribution in [0.1, 0.15) is 25.3 Å². The second-order valence-electron chi connectivity index (χ2n) is 3.05. The van der Waals surface area contributed by atoms with E-state index in [0.717, 1.165) is 10.8 Å². The first-order valence-electron chi connectivity index (χ1n) is 4.27. The fraction of sp³-hybridized carbons (Fsp3) is 0.556. The summed E-state index contributed by atoms with van der Waals surface area (Å²) >= 11 is 1.66. The van der Waals surface area contributed by atoms with Gasteiger partial charge in [0.05, 0.1) is 0 Å². The molecule has 4 heteroatoms. The van der Waals surface area contributed by atoms with Crippen molar-refractivity contribution in [1.82, 2.24) is 9.97 Å². The molecule has 0 fully saturated rings. The lowest BCUT2D eigenvalue weighted by atomic mass is 10.1. The fourth-order valence-corrected chi connectivity index (χ4v) is 1.97. The molecule has 0 amide bonds. The van der Waals surface area contributed by atoms with Crippen LogP contribution in [0.4, 0.5) is 5.82 Å². The van der Waals surface area contributed by atoms with Gasteiger partial charge in [0.25, 0.3) is 0 Å². The first kappa shape index (κ1) is 10.3. The summed E-state index contributed by atoms with van der Waals surface area (Å²) in [5.41, 5.74) is 1.21. The minimum atomic E-state index is 0.450. The van der Waals surface area contributed by atoms with Crippen LogP contribution in [0.25, 0.3) is 0 Å². The highest BCUT2D eigenvalue weighted by molar-refractivity contribution is 7.98. The lowest BCUT2D eigenvalue weighted by Crippen LogP contribution is -2.03. The Labute approximate surface area is 83.4 Å². The molecule has 3 nitrogen and oxygen atoms in total. The summed E-state index contributed by atoms with van der Waals surface area (Å²) in [4.78, 5) is 8.43. The van der Waals surface area contributed by atoms with E-state index in [9.17, 15) is 0 Å². The Hall–Kier alpha value is -0.770. The van der Waals surface area contributed by atoms with Gasteiger partial charge in [-0.1, -0.05) is 13.8 Å². The third-order valence-corrected chi connectivity index (χ3v) is 2.57. The SMILES string of the molecule is CNc1ncnc(SC)c1C(C)C. The molecule has 0 aliphatic rings. The molecular weight excluding hydrogens is 182 g/mol. The lowest BCUT2D eigenvalue weighted by Gasteiger charge is -2.13. The van der Waals surface area contributed by atoms with Crippen LogP contribution in [0.2, 0.25) is 0 Å². The van der Waals surface area contributed by atoms with Crippen molar-refractivity contribution in [2.24, 2.45) is 0 Å². The predicted octanol–water partition coefficient (Wildman–Crippen LogP) is 2.36. The third-order valence-electron chi connectivity index (χ3n) is 1.85. The van der Waals surface area contributed by atoms with Crippen molar-refractivity contribution < 1.29 is 0 Å². The van der Waals surface area contributed by atoms with E-state index in [-0.39, 0.29) is 0 Å². The average molecular weight is 197 g/mol. The molecule has 1 heterocycles. The number of thioether (sulfide) groups is 1. The van der Waals surface area contributed by atoms with E-state index in [2.05, 4.69) is 29.1 Å². The maximum absolute atomic E-state index is 4.24. The van der Waals surface area contributed by atoms with E-state index in [1.165, 1.54) is 5.56 Å². The highest BCUT2D eigenvalue weighted by atomic mass is 32.2. The summed E-state index contributed by atoms with van der Waals surface area (Å²) in [7, 11) is 1.89. The van der Waals surface area contributed by atoms with Gasteiger partial charge in [0.2, 0.25) is 0 Å². The topological polar surface area (TPSA) is 37.8 Å². The van der Waals surface area contributed by atoms with Crippen LogP contribution in [0.15, 0.2) is 11.4 Å². The molecule has 0 spiro atoms. The zero-order valence-electron chi connectivity index (χ0n) is 8.46. The Morgan fingerprint density at radius 3 is 2.54 bits per heavy atom. The van der Waals surface area contributed by atoms with Crippen molar-refractivity contribution in [2.45, 2.75) is 24.8 Å². The van der Waals surface area contributed by atoms with Gasteiger partial charge in [0.15, 0.2) is 0 Å². The predicted molar refractivity (Wildman–Crippen MR) is 57.4 cm³/mol. The summed E-state index contributed by atoms with van der Waals surface area (Å²) in [6, 6.07) is 0. The third kappa shape index (κ3) is 2.12. The van der Waals surface area contributed by atoms with Gasteiger partial charge in [-0.25, -0.2) is 9.97 Å². The van der Waals surface area contributed by atoms with Crippen LogP contribution in [-0.2, 0) is 0 Å². The van der Waals surface area contributed by atoms with Crippen LogP contribution in [0.5, 0.6) is 0 Å². The van der Waals surface area contributed by atoms with E-state index in [1.807, 2.05) is 13.3 Å².